The summed E-state index contributed by atoms with van der Waals surface area (Å²) in [6.45, 7) is 5.88. The van der Waals surface area contributed by atoms with Gasteiger partial charge in [0, 0.05) is 37.8 Å². The minimum atomic E-state index is -0.372. The predicted molar refractivity (Wildman–Crippen MR) is 95.7 cm³/mol. The van der Waals surface area contributed by atoms with Crippen molar-refractivity contribution in [2.45, 2.75) is 51.2 Å². The van der Waals surface area contributed by atoms with Crippen molar-refractivity contribution in [1.29, 1.82) is 0 Å². The first-order chi connectivity index (χ1) is 12.1. The van der Waals surface area contributed by atoms with Crippen molar-refractivity contribution in [3.8, 4) is 5.75 Å². The van der Waals surface area contributed by atoms with Crippen molar-refractivity contribution in [2.24, 2.45) is 0 Å². The van der Waals surface area contributed by atoms with Crippen LogP contribution in [0.3, 0.4) is 0 Å². The number of nitrogens with zero attached hydrogens (tertiary/aromatic N) is 3. The Hall–Kier alpha value is -2.30. The number of carbonyl (C=O) groups excluding carboxylic acids is 1. The van der Waals surface area contributed by atoms with E-state index < -0.39 is 0 Å². The Balaban J connectivity index is 1.47. The van der Waals surface area contributed by atoms with Crippen LogP contribution in [0, 0.1) is 0 Å². The molecule has 0 unspecified atom stereocenters. The number of carbonyl (C=O) groups is 1. The molecule has 132 valence electrons. The highest BCUT2D eigenvalue weighted by Gasteiger charge is 2.35. The summed E-state index contributed by atoms with van der Waals surface area (Å²) in [6.07, 6.45) is 6.34. The van der Waals surface area contributed by atoms with E-state index in [-0.39, 0.29) is 12.0 Å². The van der Waals surface area contributed by atoms with Gasteiger partial charge in [0.25, 0.3) is 5.91 Å². The fraction of sp³-hybridized carbons (Fsp3) is 0.500. The highest BCUT2D eigenvalue weighted by Crippen LogP contribution is 2.31. The lowest BCUT2D eigenvalue weighted by Gasteiger charge is -2.35. The van der Waals surface area contributed by atoms with E-state index >= 15 is 0 Å². The zero-order valence-electron chi connectivity index (χ0n) is 14.9. The Morgan fingerprint density at radius 3 is 2.96 bits per heavy atom. The number of benzene rings is 1. The molecule has 0 N–H and O–H groups in total. The van der Waals surface area contributed by atoms with Crippen LogP contribution >= 0.6 is 0 Å². The average Bonchev–Trinajstić information content (AvgIpc) is 3.28. The molecule has 1 fully saturated rings. The maximum Gasteiger partial charge on any atom is 0.264 e. The van der Waals surface area contributed by atoms with Gasteiger partial charge in [0.2, 0.25) is 0 Å². The molecule has 2 aliphatic heterocycles. The molecule has 1 aromatic heterocycles. The summed E-state index contributed by atoms with van der Waals surface area (Å²) in [7, 11) is 0. The summed E-state index contributed by atoms with van der Waals surface area (Å²) in [5, 5.41) is 0. The quantitative estimate of drug-likeness (QED) is 0.863. The van der Waals surface area contributed by atoms with E-state index in [1.54, 1.807) is 0 Å². The minimum absolute atomic E-state index is 0.118. The molecule has 2 aromatic rings. The van der Waals surface area contributed by atoms with Crippen LogP contribution in [0.15, 0.2) is 36.7 Å². The molecule has 4 rings (SSSR count). The van der Waals surface area contributed by atoms with E-state index in [9.17, 15) is 4.79 Å². The summed E-state index contributed by atoms with van der Waals surface area (Å²) >= 11 is 0. The van der Waals surface area contributed by atoms with E-state index in [2.05, 4.69) is 29.6 Å². The second-order valence-corrected chi connectivity index (χ2v) is 7.35. The van der Waals surface area contributed by atoms with Gasteiger partial charge in [-0.05, 0) is 24.5 Å². The van der Waals surface area contributed by atoms with Crippen LogP contribution in [0.2, 0.25) is 0 Å². The van der Waals surface area contributed by atoms with Gasteiger partial charge in [0.1, 0.15) is 11.6 Å². The first-order valence-electron chi connectivity index (χ1n) is 9.19. The minimum Gasteiger partial charge on any atom is -0.480 e. The van der Waals surface area contributed by atoms with Crippen molar-refractivity contribution in [3.05, 3.63) is 48.0 Å². The summed E-state index contributed by atoms with van der Waals surface area (Å²) in [5.41, 5.74) is 1.13. The highest BCUT2D eigenvalue weighted by molar-refractivity contribution is 5.82. The molecule has 1 saturated heterocycles. The second-order valence-electron chi connectivity index (χ2n) is 7.35. The van der Waals surface area contributed by atoms with E-state index in [1.165, 1.54) is 0 Å². The molecule has 0 bridgehead atoms. The lowest BCUT2D eigenvalue weighted by atomic mass is 10.0. The number of ether oxygens (including phenoxy) is 1. The fourth-order valence-electron chi connectivity index (χ4n) is 3.99. The number of hydrogen-bond donors (Lipinski definition) is 0. The molecule has 2 atom stereocenters. The zero-order chi connectivity index (χ0) is 17.4. The number of rotatable bonds is 3. The third-order valence-corrected chi connectivity index (χ3v) is 5.24. The van der Waals surface area contributed by atoms with E-state index in [4.69, 9.17) is 4.74 Å². The largest absolute Gasteiger partial charge is 0.480 e. The summed E-state index contributed by atoms with van der Waals surface area (Å²) < 4.78 is 8.16. The average molecular weight is 339 g/mol. The lowest BCUT2D eigenvalue weighted by molar-refractivity contribution is -0.139. The van der Waals surface area contributed by atoms with Gasteiger partial charge < -0.3 is 14.2 Å². The van der Waals surface area contributed by atoms with Gasteiger partial charge in [-0.2, -0.15) is 0 Å². The third kappa shape index (κ3) is 3.03. The molecule has 5 heteroatoms. The van der Waals surface area contributed by atoms with Crippen molar-refractivity contribution in [1.82, 2.24) is 14.5 Å². The van der Waals surface area contributed by atoms with Gasteiger partial charge in [-0.15, -0.1) is 0 Å². The molecular formula is C20H25N3O2. The van der Waals surface area contributed by atoms with Crippen LogP contribution in [0.5, 0.6) is 5.75 Å². The van der Waals surface area contributed by atoms with Gasteiger partial charge >= 0.3 is 0 Å². The number of piperidine rings is 1. The molecular weight excluding hydrogens is 314 g/mol. The molecule has 5 nitrogen and oxygen atoms in total. The summed E-state index contributed by atoms with van der Waals surface area (Å²) in [4.78, 5) is 19.5. The topological polar surface area (TPSA) is 47.4 Å². The maximum absolute atomic E-state index is 13.0. The van der Waals surface area contributed by atoms with Crippen molar-refractivity contribution >= 4 is 5.91 Å². The summed E-state index contributed by atoms with van der Waals surface area (Å²) in [6, 6.07) is 8.25. The molecule has 0 spiro atoms. The van der Waals surface area contributed by atoms with Crippen LogP contribution in [0.25, 0.3) is 0 Å². The van der Waals surface area contributed by atoms with Crippen molar-refractivity contribution in [2.75, 3.05) is 13.1 Å². The van der Waals surface area contributed by atoms with Gasteiger partial charge in [-0.25, -0.2) is 4.98 Å². The van der Waals surface area contributed by atoms with Crippen LogP contribution in [-0.2, 0) is 11.2 Å². The van der Waals surface area contributed by atoms with Gasteiger partial charge in [-0.1, -0.05) is 32.0 Å². The summed E-state index contributed by atoms with van der Waals surface area (Å²) in [5.74, 6) is 2.45. The Kier molecular flexibility index (Phi) is 4.24. The Bertz CT molecular complexity index is 743. The zero-order valence-corrected chi connectivity index (χ0v) is 14.9. The van der Waals surface area contributed by atoms with Gasteiger partial charge in [0.05, 0.1) is 6.04 Å². The number of amides is 1. The van der Waals surface area contributed by atoms with E-state index in [0.717, 1.165) is 43.1 Å². The number of hydrogen-bond acceptors (Lipinski definition) is 3. The van der Waals surface area contributed by atoms with Crippen molar-refractivity contribution < 1.29 is 9.53 Å². The third-order valence-electron chi connectivity index (χ3n) is 5.24. The van der Waals surface area contributed by atoms with Crippen LogP contribution in [0.4, 0.5) is 0 Å². The number of fused-ring (bicyclic) bond motifs is 1. The Labute approximate surface area is 148 Å². The Morgan fingerprint density at radius 2 is 2.16 bits per heavy atom. The molecule has 1 aromatic carbocycles. The Morgan fingerprint density at radius 1 is 1.32 bits per heavy atom. The molecule has 0 aliphatic carbocycles. The number of likely N-dealkylation sites (tertiary alicyclic amines) is 1. The molecule has 0 radical (unpaired) electrons. The first-order valence-corrected chi connectivity index (χ1v) is 9.19. The fourth-order valence-corrected chi connectivity index (χ4v) is 3.99. The smallest absolute Gasteiger partial charge is 0.264 e. The van der Waals surface area contributed by atoms with E-state index in [0.29, 0.717) is 18.4 Å². The molecule has 3 heterocycles. The standard InChI is InChI=1S/C20H25N3O2/c1-14(2)19-21-9-11-23(19)16-7-5-10-22(13-16)20(24)18-12-15-6-3-4-8-17(15)25-18/h3-4,6,8-9,11,14,16,18H,5,7,10,12-13H2,1-2H3/t16-,18-/m1/s1. The maximum atomic E-state index is 13.0. The number of aromatic nitrogens is 2. The van der Waals surface area contributed by atoms with Crippen LogP contribution < -0.4 is 4.74 Å². The van der Waals surface area contributed by atoms with Crippen LogP contribution in [0.1, 0.15) is 50.0 Å². The van der Waals surface area contributed by atoms with E-state index in [1.807, 2.05) is 35.4 Å². The second kappa shape index (κ2) is 6.54. The monoisotopic (exact) mass is 339 g/mol. The molecule has 1 amide bonds. The highest BCUT2D eigenvalue weighted by atomic mass is 16.5. The number of imidazole rings is 1. The lowest BCUT2D eigenvalue weighted by Crippen LogP contribution is -2.46. The van der Waals surface area contributed by atoms with Crippen molar-refractivity contribution in [3.63, 3.8) is 0 Å². The molecule has 0 saturated carbocycles. The predicted octanol–water partition coefficient (Wildman–Crippen LogP) is 3.17. The van der Waals surface area contributed by atoms with Gasteiger partial charge in [0.15, 0.2) is 6.10 Å². The molecule has 25 heavy (non-hydrogen) atoms. The SMILES string of the molecule is CC(C)c1nccn1[C@@H]1CCCN(C(=O)[C@H]2Cc3ccccc3O2)C1. The van der Waals surface area contributed by atoms with Gasteiger partial charge in [-0.3, -0.25) is 4.79 Å². The first kappa shape index (κ1) is 16.2. The van der Waals surface area contributed by atoms with Crippen LogP contribution in [-0.4, -0.2) is 39.6 Å². The molecule has 2 aliphatic rings. The normalized spacial score (nSPS) is 22.8. The number of para-hydroxylation sites is 1.